The fourth-order valence-corrected chi connectivity index (χ4v) is 2.53. The van der Waals surface area contributed by atoms with Gasteiger partial charge in [0.05, 0.1) is 5.56 Å². The third-order valence-electron chi connectivity index (χ3n) is 3.56. The number of oxazole rings is 1. The Morgan fingerprint density at radius 2 is 2.00 bits per heavy atom. The van der Waals surface area contributed by atoms with Crippen molar-refractivity contribution in [2.45, 2.75) is 19.5 Å². The summed E-state index contributed by atoms with van der Waals surface area (Å²) in [6.07, 6.45) is -2.15. The first kappa shape index (κ1) is 16.6. The Hall–Kier alpha value is -2.27. The molecule has 1 heterocycles. The van der Waals surface area contributed by atoms with Crippen LogP contribution in [0.15, 0.2) is 46.9 Å². The largest absolute Gasteiger partial charge is 0.436 e. The highest BCUT2D eigenvalue weighted by atomic mass is 35.5. The van der Waals surface area contributed by atoms with Crippen molar-refractivity contribution in [1.82, 2.24) is 4.98 Å². The fraction of sp³-hybridized carbons (Fsp3) is 0.167. The van der Waals surface area contributed by atoms with Crippen LogP contribution in [0, 0.1) is 0 Å². The van der Waals surface area contributed by atoms with Gasteiger partial charge in [0.25, 0.3) is 0 Å². The second-order valence-electron chi connectivity index (χ2n) is 5.28. The van der Waals surface area contributed by atoms with E-state index in [2.05, 4.69) is 4.98 Å². The Labute approximate surface area is 141 Å². The van der Waals surface area contributed by atoms with Crippen LogP contribution < -0.4 is 0 Å². The Bertz CT molecular complexity index is 912. The van der Waals surface area contributed by atoms with Gasteiger partial charge in [-0.25, -0.2) is 4.98 Å². The molecule has 0 aliphatic rings. The second kappa shape index (κ2) is 6.32. The summed E-state index contributed by atoms with van der Waals surface area (Å²) < 4.78 is 44.2. The van der Waals surface area contributed by atoms with E-state index < -0.39 is 11.7 Å². The van der Waals surface area contributed by atoms with E-state index in [-0.39, 0.29) is 0 Å². The van der Waals surface area contributed by atoms with Crippen LogP contribution in [0.25, 0.3) is 22.7 Å². The zero-order valence-corrected chi connectivity index (χ0v) is 13.4. The van der Waals surface area contributed by atoms with Crippen molar-refractivity contribution in [1.29, 1.82) is 0 Å². The van der Waals surface area contributed by atoms with E-state index >= 15 is 0 Å². The molecular formula is C18H13ClF3NO. The third kappa shape index (κ3) is 3.46. The van der Waals surface area contributed by atoms with Crippen molar-refractivity contribution in [3.8, 4) is 0 Å². The quantitative estimate of drug-likeness (QED) is 0.542. The first-order valence-corrected chi connectivity index (χ1v) is 7.69. The molecule has 0 bridgehead atoms. The summed E-state index contributed by atoms with van der Waals surface area (Å²) in [6, 6.07) is 10.2. The summed E-state index contributed by atoms with van der Waals surface area (Å²) >= 11 is 5.93. The lowest BCUT2D eigenvalue weighted by Crippen LogP contribution is -2.04. The van der Waals surface area contributed by atoms with Crippen LogP contribution in [0.1, 0.15) is 30.4 Å². The summed E-state index contributed by atoms with van der Waals surface area (Å²) in [5, 5.41) is 0.544. The molecule has 2 aromatic carbocycles. The van der Waals surface area contributed by atoms with Crippen LogP contribution in [0.3, 0.4) is 0 Å². The van der Waals surface area contributed by atoms with E-state index in [1.165, 1.54) is 6.07 Å². The molecule has 0 amide bonds. The van der Waals surface area contributed by atoms with Gasteiger partial charge in [0.2, 0.25) is 5.89 Å². The van der Waals surface area contributed by atoms with Crippen LogP contribution >= 0.6 is 11.6 Å². The number of rotatable bonds is 3. The summed E-state index contributed by atoms with van der Waals surface area (Å²) in [5.41, 5.74) is 1.67. The molecule has 0 aliphatic heterocycles. The molecular weight excluding hydrogens is 339 g/mol. The molecule has 0 radical (unpaired) electrons. The van der Waals surface area contributed by atoms with Gasteiger partial charge >= 0.3 is 6.18 Å². The van der Waals surface area contributed by atoms with Gasteiger partial charge in [0, 0.05) is 10.6 Å². The number of hydrogen-bond donors (Lipinski definition) is 0. The Balaban J connectivity index is 2.02. The van der Waals surface area contributed by atoms with Crippen molar-refractivity contribution in [2.24, 2.45) is 0 Å². The molecule has 6 heteroatoms. The fourth-order valence-electron chi connectivity index (χ4n) is 2.36. The van der Waals surface area contributed by atoms with Gasteiger partial charge in [-0.3, -0.25) is 0 Å². The van der Waals surface area contributed by atoms with E-state index in [0.717, 1.165) is 12.1 Å². The molecule has 0 unspecified atom stereocenters. The molecule has 0 spiro atoms. The topological polar surface area (TPSA) is 26.0 Å². The second-order valence-corrected chi connectivity index (χ2v) is 5.71. The number of fused-ring (bicyclic) bond motifs is 1. The number of hydrogen-bond acceptors (Lipinski definition) is 2. The number of allylic oxidation sites excluding steroid dienone is 1. The zero-order chi connectivity index (χ0) is 17.3. The van der Waals surface area contributed by atoms with Gasteiger partial charge in [-0.15, -0.1) is 0 Å². The minimum Gasteiger partial charge on any atom is -0.436 e. The van der Waals surface area contributed by atoms with Crippen molar-refractivity contribution in [3.63, 3.8) is 0 Å². The molecule has 3 aromatic rings. The number of nitrogens with zero attached hydrogens (tertiary/aromatic N) is 1. The van der Waals surface area contributed by atoms with Crippen molar-refractivity contribution in [3.05, 3.63) is 64.5 Å². The number of halogens is 4. The lowest BCUT2D eigenvalue weighted by molar-refractivity contribution is -0.137. The normalized spacial score (nSPS) is 12.8. The van der Waals surface area contributed by atoms with Crippen LogP contribution in [0.5, 0.6) is 0 Å². The van der Waals surface area contributed by atoms with Crippen LogP contribution in [-0.4, -0.2) is 4.98 Å². The minimum absolute atomic E-state index is 0.382. The van der Waals surface area contributed by atoms with Gasteiger partial charge in [-0.2, -0.15) is 13.2 Å². The Morgan fingerprint density at radius 1 is 1.21 bits per heavy atom. The molecule has 0 fully saturated rings. The predicted molar refractivity (Wildman–Crippen MR) is 88.6 cm³/mol. The smallest absolute Gasteiger partial charge is 0.416 e. The summed E-state index contributed by atoms with van der Waals surface area (Å²) in [5.74, 6) is 0.382. The summed E-state index contributed by atoms with van der Waals surface area (Å²) in [4.78, 5) is 4.37. The third-order valence-corrected chi connectivity index (χ3v) is 3.80. The molecule has 0 saturated carbocycles. The number of benzene rings is 2. The molecule has 124 valence electrons. The lowest BCUT2D eigenvalue weighted by atomic mass is 10.1. The summed E-state index contributed by atoms with van der Waals surface area (Å²) in [7, 11) is 0. The van der Waals surface area contributed by atoms with Gasteiger partial charge in [-0.1, -0.05) is 30.7 Å². The van der Waals surface area contributed by atoms with Gasteiger partial charge in [0.1, 0.15) is 5.52 Å². The lowest BCUT2D eigenvalue weighted by Gasteiger charge is -2.07. The molecule has 24 heavy (non-hydrogen) atoms. The number of alkyl halides is 3. The zero-order valence-electron chi connectivity index (χ0n) is 12.7. The van der Waals surface area contributed by atoms with Gasteiger partial charge < -0.3 is 4.42 Å². The molecule has 0 atom stereocenters. The highest BCUT2D eigenvalue weighted by Crippen LogP contribution is 2.31. The van der Waals surface area contributed by atoms with Gasteiger partial charge in [0.15, 0.2) is 5.58 Å². The highest BCUT2D eigenvalue weighted by molar-refractivity contribution is 6.31. The van der Waals surface area contributed by atoms with Crippen molar-refractivity contribution >= 4 is 34.3 Å². The van der Waals surface area contributed by atoms with Crippen molar-refractivity contribution < 1.29 is 17.6 Å². The maximum Gasteiger partial charge on any atom is 0.416 e. The molecule has 0 saturated heterocycles. The van der Waals surface area contributed by atoms with E-state index in [1.54, 1.807) is 30.3 Å². The predicted octanol–water partition coefficient (Wildman–Crippen LogP) is 6.45. The highest BCUT2D eigenvalue weighted by Gasteiger charge is 2.30. The van der Waals surface area contributed by atoms with E-state index in [1.807, 2.05) is 6.92 Å². The average Bonchev–Trinajstić information content (AvgIpc) is 2.95. The van der Waals surface area contributed by atoms with E-state index in [0.29, 0.717) is 39.6 Å². The van der Waals surface area contributed by atoms with Crippen molar-refractivity contribution in [2.75, 3.05) is 0 Å². The standard InChI is InChI=1S/C18H13ClF3NO/c1-2-12(8-11-4-3-5-13(9-11)18(20,21)22)17-23-15-10-14(19)6-7-16(15)24-17/h3-10H,2H2,1H3/b12-8+. The first-order valence-electron chi connectivity index (χ1n) is 7.31. The first-order chi connectivity index (χ1) is 11.4. The Morgan fingerprint density at radius 3 is 2.71 bits per heavy atom. The monoisotopic (exact) mass is 351 g/mol. The molecule has 3 rings (SSSR count). The van der Waals surface area contributed by atoms with Gasteiger partial charge in [-0.05, 0) is 48.4 Å². The van der Waals surface area contributed by atoms with E-state index in [9.17, 15) is 13.2 Å². The molecule has 0 aliphatic carbocycles. The number of aromatic nitrogens is 1. The SMILES string of the molecule is CC/C(=C\c1cccc(C(F)(F)F)c1)c1nc2cc(Cl)ccc2o1. The van der Waals surface area contributed by atoms with Crippen LogP contribution in [-0.2, 0) is 6.18 Å². The molecule has 1 aromatic heterocycles. The molecule has 0 N–H and O–H groups in total. The average molecular weight is 352 g/mol. The summed E-state index contributed by atoms with van der Waals surface area (Å²) in [6.45, 7) is 1.89. The maximum atomic E-state index is 12.8. The van der Waals surface area contributed by atoms with Crippen LogP contribution in [0.4, 0.5) is 13.2 Å². The van der Waals surface area contributed by atoms with E-state index in [4.69, 9.17) is 16.0 Å². The maximum absolute atomic E-state index is 12.8. The Kier molecular flexibility index (Phi) is 4.37. The molecule has 2 nitrogen and oxygen atoms in total. The minimum atomic E-state index is -4.37. The van der Waals surface area contributed by atoms with Crippen LogP contribution in [0.2, 0.25) is 5.02 Å².